The fourth-order valence-electron chi connectivity index (χ4n) is 2.61. The van der Waals surface area contributed by atoms with E-state index in [1.165, 1.54) is 12.1 Å². The lowest BCUT2D eigenvalue weighted by Crippen LogP contribution is -2.26. The van der Waals surface area contributed by atoms with Crippen LogP contribution >= 0.6 is 0 Å². The van der Waals surface area contributed by atoms with E-state index in [4.69, 9.17) is 0 Å². The Morgan fingerprint density at radius 2 is 1.70 bits per heavy atom. The van der Waals surface area contributed by atoms with E-state index >= 15 is 0 Å². The molecule has 2 rings (SSSR count). The number of nitro benzene ring substituents is 1. The Labute approximate surface area is 160 Å². The molecule has 8 heteroatoms. The van der Waals surface area contributed by atoms with E-state index in [-0.39, 0.29) is 11.4 Å². The van der Waals surface area contributed by atoms with Gasteiger partial charge in [-0.15, -0.1) is 0 Å². The van der Waals surface area contributed by atoms with Gasteiger partial charge in [0.15, 0.2) is 4.90 Å². The molecule has 2 aromatic carbocycles. The zero-order chi connectivity index (χ0) is 20.2. The van der Waals surface area contributed by atoms with Crippen LogP contribution in [0.3, 0.4) is 0 Å². The molecule has 0 amide bonds. The quantitative estimate of drug-likeness (QED) is 0.551. The average Bonchev–Trinajstić information content (AvgIpc) is 2.60. The minimum atomic E-state index is -4.01. The molecule has 146 valence electrons. The first kappa shape index (κ1) is 21.0. The molecule has 0 radical (unpaired) electrons. The SMILES string of the molecule is Cc1cccc([N+](=O)[O-])c1S(=O)(=O)NCc1ccc(CN(C)C(C)C)cc1. The lowest BCUT2D eigenvalue weighted by Gasteiger charge is -2.21. The number of aryl methyl sites for hydroxylation is 1. The van der Waals surface area contributed by atoms with Gasteiger partial charge < -0.3 is 0 Å². The minimum absolute atomic E-state index is 0.0636. The first-order valence-electron chi connectivity index (χ1n) is 8.63. The lowest BCUT2D eigenvalue weighted by atomic mass is 10.1. The number of hydrogen-bond acceptors (Lipinski definition) is 5. The molecule has 1 N–H and O–H groups in total. The third kappa shape index (κ3) is 5.35. The fourth-order valence-corrected chi connectivity index (χ4v) is 4.02. The minimum Gasteiger partial charge on any atom is -0.300 e. The summed E-state index contributed by atoms with van der Waals surface area (Å²) in [7, 11) is -1.96. The summed E-state index contributed by atoms with van der Waals surface area (Å²) in [6, 6.07) is 12.3. The van der Waals surface area contributed by atoms with Crippen LogP contribution in [0.25, 0.3) is 0 Å². The number of sulfonamides is 1. The predicted octanol–water partition coefficient (Wildman–Crippen LogP) is 3.22. The standard InChI is InChI=1S/C19H25N3O4S/c1-14(2)21(4)13-17-10-8-16(9-11-17)12-20-27(25,26)19-15(3)6-5-7-18(19)22(23)24/h5-11,14,20H,12-13H2,1-4H3. The summed E-state index contributed by atoms with van der Waals surface area (Å²) < 4.78 is 27.7. The van der Waals surface area contributed by atoms with Gasteiger partial charge in [-0.3, -0.25) is 15.0 Å². The van der Waals surface area contributed by atoms with E-state index in [1.807, 2.05) is 31.3 Å². The molecule has 0 atom stereocenters. The number of nitrogens with one attached hydrogen (secondary N) is 1. The normalized spacial score (nSPS) is 11.9. The van der Waals surface area contributed by atoms with Gasteiger partial charge in [0.25, 0.3) is 5.69 Å². The molecule has 7 nitrogen and oxygen atoms in total. The maximum Gasteiger partial charge on any atom is 0.289 e. The van der Waals surface area contributed by atoms with Crippen LogP contribution in [0.2, 0.25) is 0 Å². The van der Waals surface area contributed by atoms with Crippen LogP contribution in [0.5, 0.6) is 0 Å². The summed E-state index contributed by atoms with van der Waals surface area (Å²) in [5.41, 5.74) is 1.83. The largest absolute Gasteiger partial charge is 0.300 e. The van der Waals surface area contributed by atoms with E-state index in [9.17, 15) is 18.5 Å². The van der Waals surface area contributed by atoms with Crippen LogP contribution in [-0.4, -0.2) is 31.3 Å². The van der Waals surface area contributed by atoms with Crippen LogP contribution in [-0.2, 0) is 23.1 Å². The second-order valence-electron chi connectivity index (χ2n) is 6.83. The zero-order valence-electron chi connectivity index (χ0n) is 16.0. The summed E-state index contributed by atoms with van der Waals surface area (Å²) in [5, 5.41) is 11.2. The second kappa shape index (κ2) is 8.60. The Hall–Kier alpha value is -2.29. The Kier molecular flexibility index (Phi) is 6.69. The monoisotopic (exact) mass is 391 g/mol. The van der Waals surface area contributed by atoms with Crippen LogP contribution in [0.15, 0.2) is 47.4 Å². The smallest absolute Gasteiger partial charge is 0.289 e. The van der Waals surface area contributed by atoms with Gasteiger partial charge in [-0.25, -0.2) is 13.1 Å². The molecule has 0 unspecified atom stereocenters. The van der Waals surface area contributed by atoms with Crippen LogP contribution in [0.1, 0.15) is 30.5 Å². The molecule has 0 bridgehead atoms. The molecule has 0 aliphatic rings. The summed E-state index contributed by atoms with van der Waals surface area (Å²) in [4.78, 5) is 12.4. The summed E-state index contributed by atoms with van der Waals surface area (Å²) >= 11 is 0. The Morgan fingerprint density at radius 1 is 1.11 bits per heavy atom. The molecule has 0 heterocycles. The van der Waals surface area contributed by atoms with Gasteiger partial charge in [0.05, 0.1) is 4.92 Å². The molecule has 0 aliphatic carbocycles. The molecular weight excluding hydrogens is 366 g/mol. The van der Waals surface area contributed by atoms with E-state index < -0.39 is 20.6 Å². The van der Waals surface area contributed by atoms with Crippen molar-refractivity contribution in [3.05, 3.63) is 69.3 Å². The molecule has 2 aromatic rings. The molecule has 0 fully saturated rings. The van der Waals surface area contributed by atoms with Gasteiger partial charge in [0, 0.05) is 25.2 Å². The second-order valence-corrected chi connectivity index (χ2v) is 8.53. The first-order chi connectivity index (χ1) is 12.6. The van der Waals surface area contributed by atoms with Gasteiger partial charge in [0.1, 0.15) is 0 Å². The van der Waals surface area contributed by atoms with E-state index in [0.29, 0.717) is 11.6 Å². The molecule has 0 aromatic heterocycles. The molecule has 0 saturated carbocycles. The molecule has 27 heavy (non-hydrogen) atoms. The Balaban J connectivity index is 2.14. The van der Waals surface area contributed by atoms with Crippen molar-refractivity contribution in [2.75, 3.05) is 7.05 Å². The number of nitrogens with zero attached hydrogens (tertiary/aromatic N) is 2. The van der Waals surface area contributed by atoms with E-state index in [2.05, 4.69) is 23.5 Å². The lowest BCUT2D eigenvalue weighted by molar-refractivity contribution is -0.387. The van der Waals surface area contributed by atoms with Crippen molar-refractivity contribution in [2.45, 2.75) is 44.8 Å². The van der Waals surface area contributed by atoms with Gasteiger partial charge in [-0.2, -0.15) is 0 Å². The molecule has 0 spiro atoms. The molecular formula is C19H25N3O4S. The van der Waals surface area contributed by atoms with Gasteiger partial charge in [0.2, 0.25) is 10.0 Å². The highest BCUT2D eigenvalue weighted by molar-refractivity contribution is 7.89. The van der Waals surface area contributed by atoms with Crippen molar-refractivity contribution in [3.63, 3.8) is 0 Å². The summed E-state index contributed by atoms with van der Waals surface area (Å²) in [6.07, 6.45) is 0. The van der Waals surface area contributed by atoms with Crippen molar-refractivity contribution < 1.29 is 13.3 Å². The summed E-state index contributed by atoms with van der Waals surface area (Å²) in [5.74, 6) is 0. The van der Waals surface area contributed by atoms with E-state index in [0.717, 1.165) is 17.7 Å². The molecule has 0 aliphatic heterocycles. The van der Waals surface area contributed by atoms with Crippen molar-refractivity contribution in [1.29, 1.82) is 0 Å². The van der Waals surface area contributed by atoms with Crippen molar-refractivity contribution in [2.24, 2.45) is 0 Å². The Bertz CT molecular complexity index is 909. The highest BCUT2D eigenvalue weighted by Crippen LogP contribution is 2.26. The van der Waals surface area contributed by atoms with Crippen LogP contribution < -0.4 is 4.72 Å². The number of nitro groups is 1. The first-order valence-corrected chi connectivity index (χ1v) is 10.1. The van der Waals surface area contributed by atoms with Crippen LogP contribution in [0, 0.1) is 17.0 Å². The highest BCUT2D eigenvalue weighted by atomic mass is 32.2. The highest BCUT2D eigenvalue weighted by Gasteiger charge is 2.27. The zero-order valence-corrected chi connectivity index (χ0v) is 16.8. The third-order valence-corrected chi connectivity index (χ3v) is 6.05. The fraction of sp³-hybridized carbons (Fsp3) is 0.368. The third-order valence-electron chi connectivity index (χ3n) is 4.46. The Morgan fingerprint density at radius 3 is 2.26 bits per heavy atom. The van der Waals surface area contributed by atoms with Gasteiger partial charge in [-0.05, 0) is 44.5 Å². The van der Waals surface area contributed by atoms with Crippen molar-refractivity contribution >= 4 is 15.7 Å². The maximum atomic E-state index is 12.6. The maximum absolute atomic E-state index is 12.6. The number of rotatable bonds is 8. The topological polar surface area (TPSA) is 92.5 Å². The number of benzene rings is 2. The van der Waals surface area contributed by atoms with Gasteiger partial charge in [-0.1, -0.05) is 36.4 Å². The predicted molar refractivity (Wildman–Crippen MR) is 105 cm³/mol. The van der Waals surface area contributed by atoms with E-state index in [1.54, 1.807) is 13.0 Å². The number of hydrogen-bond donors (Lipinski definition) is 1. The van der Waals surface area contributed by atoms with Crippen LogP contribution in [0.4, 0.5) is 5.69 Å². The van der Waals surface area contributed by atoms with Gasteiger partial charge >= 0.3 is 0 Å². The van der Waals surface area contributed by atoms with Crippen molar-refractivity contribution in [1.82, 2.24) is 9.62 Å². The average molecular weight is 391 g/mol. The van der Waals surface area contributed by atoms with Crippen molar-refractivity contribution in [3.8, 4) is 0 Å². The molecule has 0 saturated heterocycles. The summed E-state index contributed by atoms with van der Waals surface area (Å²) in [6.45, 7) is 6.65.